The lowest BCUT2D eigenvalue weighted by Crippen LogP contribution is -2.19. The van der Waals surface area contributed by atoms with Crippen molar-refractivity contribution >= 4 is 27.3 Å². The molecule has 2 rings (SSSR count). The van der Waals surface area contributed by atoms with Gasteiger partial charge in [0.15, 0.2) is 0 Å². The number of thiophene rings is 1. The van der Waals surface area contributed by atoms with Crippen molar-refractivity contribution in [2.24, 2.45) is 11.1 Å². The van der Waals surface area contributed by atoms with Gasteiger partial charge in [-0.15, -0.1) is 11.3 Å². The largest absolute Gasteiger partial charge is 0.462 e. The van der Waals surface area contributed by atoms with E-state index in [9.17, 15) is 13.2 Å². The third kappa shape index (κ3) is 7.90. The molecule has 0 aliphatic carbocycles. The predicted molar refractivity (Wildman–Crippen MR) is 141 cm³/mol. The summed E-state index contributed by atoms with van der Waals surface area (Å²) in [6, 6.07) is 7.87. The van der Waals surface area contributed by atoms with Crippen LogP contribution in [0.25, 0.3) is 11.1 Å². The Morgan fingerprint density at radius 3 is 2.26 bits per heavy atom. The van der Waals surface area contributed by atoms with Crippen molar-refractivity contribution in [3.05, 3.63) is 40.3 Å². The Hall–Kier alpha value is -1.74. The first kappa shape index (κ1) is 28.5. The number of unbranched alkanes of at least 4 members (excludes halogenated alkanes) is 3. The Labute approximate surface area is 209 Å². The lowest BCUT2D eigenvalue weighted by Gasteiger charge is -2.15. The maximum atomic E-state index is 13.1. The van der Waals surface area contributed by atoms with Crippen molar-refractivity contribution in [3.8, 4) is 11.1 Å². The van der Waals surface area contributed by atoms with Crippen LogP contribution in [0, 0.1) is 5.92 Å². The van der Waals surface area contributed by atoms with Gasteiger partial charge >= 0.3 is 5.97 Å². The summed E-state index contributed by atoms with van der Waals surface area (Å²) in [7, 11) is -4.02. The van der Waals surface area contributed by atoms with Crippen molar-refractivity contribution in [3.63, 3.8) is 0 Å². The van der Waals surface area contributed by atoms with E-state index in [1.54, 1.807) is 0 Å². The number of ether oxygens (including phenoxy) is 1. The van der Waals surface area contributed by atoms with E-state index in [0.717, 1.165) is 42.7 Å². The molecule has 190 valence electrons. The molecule has 0 fully saturated rings. The molecule has 6 nitrogen and oxygen atoms in total. The first-order chi connectivity index (χ1) is 16.1. The molecule has 1 atom stereocenters. The Morgan fingerprint density at radius 2 is 1.71 bits per heavy atom. The van der Waals surface area contributed by atoms with E-state index in [1.807, 2.05) is 45.0 Å². The lowest BCUT2D eigenvalue weighted by atomic mass is 9.97. The molecule has 1 heterocycles. The highest BCUT2D eigenvalue weighted by Gasteiger charge is 2.30. The second-order valence-electron chi connectivity index (χ2n) is 9.20. The van der Waals surface area contributed by atoms with Crippen LogP contribution in [0.2, 0.25) is 0 Å². The molecular formula is C26H40N2O4S2. The zero-order chi connectivity index (χ0) is 25.3. The summed E-state index contributed by atoms with van der Waals surface area (Å²) in [5.74, 6) is -0.246. The summed E-state index contributed by atoms with van der Waals surface area (Å²) < 4.78 is 30.6. The maximum absolute atomic E-state index is 13.1. The molecule has 0 amide bonds. The molecule has 0 radical (unpaired) electrons. The van der Waals surface area contributed by atoms with Gasteiger partial charge in [0.2, 0.25) is 10.0 Å². The quantitative estimate of drug-likeness (QED) is 0.239. The van der Waals surface area contributed by atoms with Crippen LogP contribution >= 0.6 is 11.3 Å². The van der Waals surface area contributed by atoms with Crippen molar-refractivity contribution in [1.82, 2.24) is 5.32 Å². The van der Waals surface area contributed by atoms with E-state index < -0.39 is 16.0 Å². The Morgan fingerprint density at radius 1 is 1.06 bits per heavy atom. The molecule has 0 aliphatic heterocycles. The highest BCUT2D eigenvalue weighted by molar-refractivity contribution is 7.91. The first-order valence-corrected chi connectivity index (χ1v) is 14.7. The van der Waals surface area contributed by atoms with E-state index in [4.69, 9.17) is 9.88 Å². The number of esters is 1. The van der Waals surface area contributed by atoms with Crippen LogP contribution in [0.3, 0.4) is 0 Å². The number of hydrogen-bond acceptors (Lipinski definition) is 6. The number of hydrogen-bond donors (Lipinski definition) is 2. The molecule has 1 aromatic carbocycles. The second-order valence-corrected chi connectivity index (χ2v) is 12.1. The van der Waals surface area contributed by atoms with Gasteiger partial charge in [-0.3, -0.25) is 0 Å². The van der Waals surface area contributed by atoms with Crippen LogP contribution in [0.5, 0.6) is 0 Å². The van der Waals surface area contributed by atoms with Gasteiger partial charge in [0.05, 0.1) is 12.2 Å². The molecule has 0 saturated heterocycles. The van der Waals surface area contributed by atoms with Gasteiger partial charge in [-0.25, -0.2) is 18.4 Å². The highest BCUT2D eigenvalue weighted by Crippen LogP contribution is 2.41. The van der Waals surface area contributed by atoms with E-state index in [1.165, 1.54) is 12.8 Å². The fourth-order valence-corrected chi connectivity index (χ4v) is 6.30. The van der Waals surface area contributed by atoms with Crippen LogP contribution < -0.4 is 10.5 Å². The summed E-state index contributed by atoms with van der Waals surface area (Å²) >= 11 is 1.08. The van der Waals surface area contributed by atoms with Crippen molar-refractivity contribution in [1.29, 1.82) is 0 Å². The Kier molecular flexibility index (Phi) is 11.2. The van der Waals surface area contributed by atoms with E-state index >= 15 is 0 Å². The monoisotopic (exact) mass is 508 g/mol. The maximum Gasteiger partial charge on any atom is 0.339 e. The van der Waals surface area contributed by atoms with Gasteiger partial charge in [0.1, 0.15) is 4.21 Å². The molecule has 1 unspecified atom stereocenters. The van der Waals surface area contributed by atoms with Crippen molar-refractivity contribution in [2.45, 2.75) is 83.4 Å². The number of primary sulfonamides is 1. The molecule has 0 spiro atoms. The zero-order valence-corrected chi connectivity index (χ0v) is 22.8. The van der Waals surface area contributed by atoms with Gasteiger partial charge in [-0.2, -0.15) is 0 Å². The minimum atomic E-state index is -4.02. The highest BCUT2D eigenvalue weighted by atomic mass is 32.2. The number of rotatable bonds is 14. The van der Waals surface area contributed by atoms with E-state index in [-0.39, 0.29) is 16.2 Å². The summed E-state index contributed by atoms with van der Waals surface area (Å²) in [6.45, 7) is 11.6. The molecule has 1 aromatic heterocycles. The minimum absolute atomic E-state index is 0.0177. The number of carbonyl (C=O) groups excluding carboxylic acids is 1. The van der Waals surface area contributed by atoms with Crippen molar-refractivity contribution in [2.75, 3.05) is 13.2 Å². The number of nitrogens with two attached hydrogens (primary N) is 1. The SMILES string of the molecule is CCCCCNC(C)c1ccc(-c2c(S(N)(=O)=O)sc(CC(C)C)c2C(=O)OCCCC)cc1. The van der Waals surface area contributed by atoms with Gasteiger partial charge in [-0.05, 0) is 49.8 Å². The summed E-state index contributed by atoms with van der Waals surface area (Å²) in [5, 5.41) is 9.13. The smallest absolute Gasteiger partial charge is 0.339 e. The molecule has 0 aliphatic rings. The Balaban J connectivity index is 2.49. The molecule has 0 bridgehead atoms. The van der Waals surface area contributed by atoms with Gasteiger partial charge in [-0.1, -0.05) is 71.2 Å². The average molecular weight is 509 g/mol. The summed E-state index contributed by atoms with van der Waals surface area (Å²) in [4.78, 5) is 13.8. The van der Waals surface area contributed by atoms with E-state index in [0.29, 0.717) is 34.6 Å². The normalized spacial score (nSPS) is 12.8. The van der Waals surface area contributed by atoms with E-state index in [2.05, 4.69) is 19.2 Å². The summed E-state index contributed by atoms with van der Waals surface area (Å²) in [6.07, 6.45) is 5.74. The fraction of sp³-hybridized carbons (Fsp3) is 0.577. The van der Waals surface area contributed by atoms with Crippen LogP contribution in [0.15, 0.2) is 28.5 Å². The number of benzene rings is 1. The molecule has 8 heteroatoms. The third-order valence-electron chi connectivity index (χ3n) is 5.67. The predicted octanol–water partition coefficient (Wildman–Crippen LogP) is 6.06. The summed E-state index contributed by atoms with van der Waals surface area (Å²) in [5.41, 5.74) is 2.44. The topological polar surface area (TPSA) is 98.5 Å². The molecule has 0 saturated carbocycles. The molecule has 2 aromatic rings. The lowest BCUT2D eigenvalue weighted by molar-refractivity contribution is 0.0500. The van der Waals surface area contributed by atoms with Gasteiger partial charge < -0.3 is 10.1 Å². The molecular weight excluding hydrogens is 468 g/mol. The number of carbonyl (C=O) groups is 1. The van der Waals surface area contributed by atoms with Crippen LogP contribution in [-0.2, 0) is 21.2 Å². The zero-order valence-electron chi connectivity index (χ0n) is 21.1. The van der Waals surface area contributed by atoms with Crippen LogP contribution in [0.4, 0.5) is 0 Å². The van der Waals surface area contributed by atoms with Gasteiger partial charge in [0, 0.05) is 16.5 Å². The van der Waals surface area contributed by atoms with Crippen molar-refractivity contribution < 1.29 is 17.9 Å². The second kappa shape index (κ2) is 13.4. The molecule has 3 N–H and O–H groups in total. The average Bonchev–Trinajstić information content (AvgIpc) is 3.16. The third-order valence-corrected chi connectivity index (χ3v) is 8.34. The molecule has 34 heavy (non-hydrogen) atoms. The van der Waals surface area contributed by atoms with Gasteiger partial charge in [0.25, 0.3) is 0 Å². The number of nitrogens with one attached hydrogen (secondary N) is 1. The first-order valence-electron chi connectivity index (χ1n) is 12.3. The fourth-order valence-electron chi connectivity index (χ4n) is 3.78. The van der Waals surface area contributed by atoms with Crippen LogP contribution in [-0.4, -0.2) is 27.5 Å². The minimum Gasteiger partial charge on any atom is -0.462 e. The number of sulfonamides is 1. The standard InChI is InChI=1S/C26H40N2O4S2/c1-6-8-10-15-28-19(5)20-11-13-21(14-12-20)23-24(25(29)32-16-9-7-2)22(17-18(3)4)33-26(23)34(27,30)31/h11-14,18-19,28H,6-10,15-17H2,1-5H3,(H2,27,30,31). The Bertz CT molecular complexity index is 1030. The van der Waals surface area contributed by atoms with Crippen LogP contribution in [0.1, 0.15) is 93.6 Å².